The summed E-state index contributed by atoms with van der Waals surface area (Å²) in [4.78, 5) is 11.4. The average molecular weight is 255 g/mol. The van der Waals surface area contributed by atoms with Crippen molar-refractivity contribution in [3.8, 4) is 0 Å². The highest BCUT2D eigenvalue weighted by atomic mass is 32.2. The Kier molecular flexibility index (Phi) is 4.02. The quantitative estimate of drug-likeness (QED) is 0.817. The number of carbonyl (C=O) groups is 1. The molecule has 2 atom stereocenters. The molecule has 1 aliphatic heterocycles. The Morgan fingerprint density at radius 2 is 2.12 bits per heavy atom. The summed E-state index contributed by atoms with van der Waals surface area (Å²) < 4.78 is 17.5. The zero-order valence-corrected chi connectivity index (χ0v) is 10.3. The van der Waals surface area contributed by atoms with Gasteiger partial charge in [-0.3, -0.25) is 10.1 Å². The van der Waals surface area contributed by atoms with Crippen molar-refractivity contribution in [2.24, 2.45) is 0 Å². The zero-order chi connectivity index (χ0) is 12.3. The van der Waals surface area contributed by atoms with Gasteiger partial charge in [-0.15, -0.1) is 0 Å². The highest BCUT2D eigenvalue weighted by Crippen LogP contribution is 2.24. The van der Waals surface area contributed by atoms with Crippen molar-refractivity contribution in [1.29, 1.82) is 0 Å². The van der Waals surface area contributed by atoms with Gasteiger partial charge in [0.05, 0.1) is 7.11 Å². The Hall–Kier alpha value is -1.07. The van der Waals surface area contributed by atoms with Crippen molar-refractivity contribution in [3.63, 3.8) is 0 Å². The van der Waals surface area contributed by atoms with Crippen molar-refractivity contribution in [1.82, 2.24) is 5.32 Å². The summed E-state index contributed by atoms with van der Waals surface area (Å²) in [5, 5.41) is 3.22. The second-order valence-corrected chi connectivity index (χ2v) is 4.96. The maximum atomic E-state index is 12.8. The van der Waals surface area contributed by atoms with Crippen molar-refractivity contribution < 1.29 is 13.9 Å². The lowest BCUT2D eigenvalue weighted by molar-refractivity contribution is -0.142. The molecule has 0 saturated carbocycles. The maximum absolute atomic E-state index is 12.8. The molecule has 2 unspecified atom stereocenters. The van der Waals surface area contributed by atoms with E-state index < -0.39 is 0 Å². The third kappa shape index (κ3) is 2.98. The lowest BCUT2D eigenvalue weighted by atomic mass is 10.1. The topological polar surface area (TPSA) is 38.3 Å². The molecule has 1 aliphatic rings. The van der Waals surface area contributed by atoms with E-state index in [1.807, 2.05) is 0 Å². The molecule has 0 bridgehead atoms. The van der Waals surface area contributed by atoms with Crippen LogP contribution in [-0.4, -0.2) is 30.6 Å². The highest BCUT2D eigenvalue weighted by molar-refractivity contribution is 7.99. The minimum Gasteiger partial charge on any atom is -0.468 e. The van der Waals surface area contributed by atoms with Crippen LogP contribution < -0.4 is 5.32 Å². The van der Waals surface area contributed by atoms with Gasteiger partial charge in [0.1, 0.15) is 11.9 Å². The van der Waals surface area contributed by atoms with Crippen molar-refractivity contribution in [2.45, 2.75) is 12.1 Å². The molecule has 2 rings (SSSR count). The largest absolute Gasteiger partial charge is 0.468 e. The lowest BCUT2D eigenvalue weighted by Gasteiger charge is -2.29. The maximum Gasteiger partial charge on any atom is 0.323 e. The van der Waals surface area contributed by atoms with Crippen LogP contribution in [0.4, 0.5) is 4.39 Å². The van der Waals surface area contributed by atoms with Crippen LogP contribution in [-0.2, 0) is 9.53 Å². The molecule has 0 amide bonds. The third-order valence-electron chi connectivity index (χ3n) is 2.73. The van der Waals surface area contributed by atoms with Gasteiger partial charge in [-0.05, 0) is 17.7 Å². The molecular weight excluding hydrogens is 241 g/mol. The number of methoxy groups -OCH3 is 1. The van der Waals surface area contributed by atoms with E-state index >= 15 is 0 Å². The van der Waals surface area contributed by atoms with Crippen molar-refractivity contribution >= 4 is 17.7 Å². The third-order valence-corrected chi connectivity index (χ3v) is 3.87. The molecule has 0 aromatic heterocycles. The van der Waals surface area contributed by atoms with Crippen LogP contribution >= 0.6 is 11.8 Å². The van der Waals surface area contributed by atoms with Crippen LogP contribution in [0.15, 0.2) is 24.3 Å². The van der Waals surface area contributed by atoms with E-state index in [1.54, 1.807) is 23.9 Å². The molecule has 17 heavy (non-hydrogen) atoms. The number of nitrogens with one attached hydrogen (secondary N) is 1. The molecule has 1 saturated heterocycles. The van der Waals surface area contributed by atoms with E-state index in [0.29, 0.717) is 5.75 Å². The second-order valence-electron chi connectivity index (χ2n) is 3.88. The smallest absolute Gasteiger partial charge is 0.323 e. The predicted molar refractivity (Wildman–Crippen MR) is 65.4 cm³/mol. The number of halogens is 1. The zero-order valence-electron chi connectivity index (χ0n) is 9.48. The van der Waals surface area contributed by atoms with E-state index in [-0.39, 0.29) is 23.9 Å². The van der Waals surface area contributed by atoms with Gasteiger partial charge in [-0.25, -0.2) is 4.39 Å². The van der Waals surface area contributed by atoms with Gasteiger partial charge in [0.25, 0.3) is 0 Å². The summed E-state index contributed by atoms with van der Waals surface area (Å²) in [6, 6.07) is 6.14. The number of carbonyl (C=O) groups excluding carboxylic acids is 1. The van der Waals surface area contributed by atoms with Gasteiger partial charge in [0, 0.05) is 17.5 Å². The van der Waals surface area contributed by atoms with Crippen LogP contribution in [0, 0.1) is 5.82 Å². The first-order chi connectivity index (χ1) is 8.20. The van der Waals surface area contributed by atoms with Crippen LogP contribution in [0.3, 0.4) is 0 Å². The van der Waals surface area contributed by atoms with Crippen molar-refractivity contribution in [2.75, 3.05) is 18.6 Å². The minimum atomic E-state index is -0.284. The first kappa shape index (κ1) is 12.4. The van der Waals surface area contributed by atoms with Crippen LogP contribution in [0.1, 0.15) is 11.6 Å². The first-order valence-electron chi connectivity index (χ1n) is 5.38. The molecule has 1 fully saturated rings. The van der Waals surface area contributed by atoms with Crippen LogP contribution in [0.25, 0.3) is 0 Å². The van der Waals surface area contributed by atoms with E-state index in [1.165, 1.54) is 19.2 Å². The molecule has 92 valence electrons. The summed E-state index contributed by atoms with van der Waals surface area (Å²) in [5.41, 5.74) is 0.993. The summed E-state index contributed by atoms with van der Waals surface area (Å²) in [7, 11) is 1.39. The highest BCUT2D eigenvalue weighted by Gasteiger charge is 2.28. The number of hydrogen-bond donors (Lipinski definition) is 1. The Morgan fingerprint density at radius 1 is 1.41 bits per heavy atom. The molecular formula is C12H14FNO2S. The summed E-state index contributed by atoms with van der Waals surface area (Å²) in [6.45, 7) is 0. The first-order valence-corrected chi connectivity index (χ1v) is 6.53. The van der Waals surface area contributed by atoms with Gasteiger partial charge >= 0.3 is 5.97 Å². The van der Waals surface area contributed by atoms with Gasteiger partial charge in [0.2, 0.25) is 0 Å². The Morgan fingerprint density at radius 3 is 2.76 bits per heavy atom. The van der Waals surface area contributed by atoms with Gasteiger partial charge in [0.15, 0.2) is 0 Å². The van der Waals surface area contributed by atoms with E-state index in [4.69, 9.17) is 4.74 Å². The molecule has 5 heteroatoms. The Balaban J connectivity index is 2.06. The molecule has 1 aromatic rings. The summed E-state index contributed by atoms with van der Waals surface area (Å²) in [5.74, 6) is 1.09. The Bertz CT molecular complexity index is 396. The number of benzene rings is 1. The molecule has 0 radical (unpaired) electrons. The molecule has 0 spiro atoms. The summed E-state index contributed by atoms with van der Waals surface area (Å²) >= 11 is 1.70. The van der Waals surface area contributed by atoms with Crippen molar-refractivity contribution in [3.05, 3.63) is 35.6 Å². The minimum absolute atomic E-state index is 0.0680. The fourth-order valence-corrected chi connectivity index (χ4v) is 2.94. The molecule has 1 aromatic carbocycles. The van der Waals surface area contributed by atoms with Gasteiger partial charge in [-0.2, -0.15) is 11.8 Å². The fraction of sp³-hybridized carbons (Fsp3) is 0.417. The number of thioether (sulfide) groups is 1. The molecule has 1 heterocycles. The average Bonchev–Trinajstić information content (AvgIpc) is 2.39. The van der Waals surface area contributed by atoms with Gasteiger partial charge in [-0.1, -0.05) is 12.1 Å². The van der Waals surface area contributed by atoms with E-state index in [9.17, 15) is 9.18 Å². The van der Waals surface area contributed by atoms with E-state index in [2.05, 4.69) is 5.32 Å². The van der Waals surface area contributed by atoms with Crippen LogP contribution in [0.2, 0.25) is 0 Å². The SMILES string of the molecule is COC(=O)C1CSCC(c2ccc(F)cc2)N1. The molecule has 3 nitrogen and oxygen atoms in total. The van der Waals surface area contributed by atoms with Crippen LogP contribution in [0.5, 0.6) is 0 Å². The Labute approximate surface area is 104 Å². The van der Waals surface area contributed by atoms with Gasteiger partial charge < -0.3 is 4.74 Å². The number of esters is 1. The number of ether oxygens (including phenoxy) is 1. The monoisotopic (exact) mass is 255 g/mol. The second kappa shape index (κ2) is 5.51. The normalized spacial score (nSPS) is 24.4. The van der Waals surface area contributed by atoms with E-state index in [0.717, 1.165) is 11.3 Å². The molecule has 1 N–H and O–H groups in total. The molecule has 0 aliphatic carbocycles. The lowest BCUT2D eigenvalue weighted by Crippen LogP contribution is -2.45. The fourth-order valence-electron chi connectivity index (χ4n) is 1.81. The number of rotatable bonds is 2. The number of hydrogen-bond acceptors (Lipinski definition) is 4. The summed E-state index contributed by atoms with van der Waals surface area (Å²) in [6.07, 6.45) is 0. The predicted octanol–water partition coefficient (Wildman–Crippen LogP) is 1.74. The standard InChI is InChI=1S/C12H14FNO2S/c1-16-12(15)11-7-17-6-10(14-11)8-2-4-9(13)5-3-8/h2-5,10-11,14H,6-7H2,1H3.